The lowest BCUT2D eigenvalue weighted by molar-refractivity contribution is -0.148. The molecule has 0 heterocycles. The minimum absolute atomic E-state index is 0.0751. The number of nitrogens with zero attached hydrogens (tertiary/aromatic N) is 1. The number of rotatable bonds is 6. The van der Waals surface area contributed by atoms with E-state index in [4.69, 9.17) is 10.2 Å². The molecular weight excluding hydrogens is 202 g/mol. The first-order valence-electron chi connectivity index (χ1n) is 4.60. The Morgan fingerprint density at radius 2 is 1.80 bits per heavy atom. The van der Waals surface area contributed by atoms with Crippen molar-refractivity contribution in [2.45, 2.75) is 20.3 Å². The third-order valence-electron chi connectivity index (χ3n) is 1.90. The summed E-state index contributed by atoms with van der Waals surface area (Å²) in [5.41, 5.74) is 0. The van der Waals surface area contributed by atoms with Crippen LogP contribution in [0.4, 0.5) is 0 Å². The maximum absolute atomic E-state index is 11.3. The Labute approximate surface area is 87.5 Å². The predicted octanol–water partition coefficient (Wildman–Crippen LogP) is 0.0303. The van der Waals surface area contributed by atoms with Crippen LogP contribution in [0.25, 0.3) is 0 Å². The van der Waals surface area contributed by atoms with Crippen molar-refractivity contribution in [2.24, 2.45) is 5.92 Å². The summed E-state index contributed by atoms with van der Waals surface area (Å²) in [5, 5.41) is 17.2. The number of hydrogen-bond acceptors (Lipinski definition) is 3. The van der Waals surface area contributed by atoms with E-state index in [0.717, 1.165) is 4.90 Å². The van der Waals surface area contributed by atoms with E-state index in [1.165, 1.54) is 6.92 Å². The Morgan fingerprint density at radius 3 is 2.13 bits per heavy atom. The molecule has 0 aromatic carbocycles. The van der Waals surface area contributed by atoms with Crippen LogP contribution in [0, 0.1) is 5.92 Å². The fourth-order valence-electron chi connectivity index (χ4n) is 1.05. The molecule has 0 aliphatic carbocycles. The summed E-state index contributed by atoms with van der Waals surface area (Å²) in [4.78, 5) is 33.3. The SMILES string of the molecule is CCC(=O)N(CC(=O)O)CC(C)C(=O)O. The van der Waals surface area contributed by atoms with Crippen LogP contribution in [0.3, 0.4) is 0 Å². The number of carboxylic acid groups (broad SMARTS) is 2. The minimum atomic E-state index is -1.14. The second kappa shape index (κ2) is 6.00. The summed E-state index contributed by atoms with van der Waals surface area (Å²) >= 11 is 0. The molecule has 0 saturated carbocycles. The van der Waals surface area contributed by atoms with Crippen molar-refractivity contribution < 1.29 is 24.6 Å². The zero-order valence-corrected chi connectivity index (χ0v) is 8.77. The van der Waals surface area contributed by atoms with Gasteiger partial charge >= 0.3 is 11.9 Å². The molecule has 0 fully saturated rings. The fourth-order valence-corrected chi connectivity index (χ4v) is 1.05. The molecule has 2 N–H and O–H groups in total. The quantitative estimate of drug-likeness (QED) is 0.654. The van der Waals surface area contributed by atoms with Crippen molar-refractivity contribution in [2.75, 3.05) is 13.1 Å². The van der Waals surface area contributed by atoms with Crippen molar-refractivity contribution in [1.82, 2.24) is 4.90 Å². The highest BCUT2D eigenvalue weighted by Crippen LogP contribution is 2.02. The van der Waals surface area contributed by atoms with Crippen LogP contribution in [0.5, 0.6) is 0 Å². The number of carbonyl (C=O) groups is 3. The molecule has 15 heavy (non-hydrogen) atoms. The predicted molar refractivity (Wildman–Crippen MR) is 51.3 cm³/mol. The van der Waals surface area contributed by atoms with Gasteiger partial charge in [-0.15, -0.1) is 0 Å². The number of aliphatic carboxylic acids is 2. The Kier molecular flexibility index (Phi) is 5.36. The average Bonchev–Trinajstić information content (AvgIpc) is 2.14. The molecule has 6 heteroatoms. The third-order valence-corrected chi connectivity index (χ3v) is 1.90. The maximum atomic E-state index is 11.3. The van der Waals surface area contributed by atoms with Crippen molar-refractivity contribution >= 4 is 17.8 Å². The molecule has 0 aromatic rings. The Balaban J connectivity index is 4.43. The standard InChI is InChI=1S/C9H15NO5/c1-3-7(11)10(5-8(12)13)4-6(2)9(14)15/h6H,3-5H2,1-2H3,(H,12,13)(H,14,15). The normalized spacial score (nSPS) is 11.9. The van der Waals surface area contributed by atoms with Crippen molar-refractivity contribution in [3.8, 4) is 0 Å². The Morgan fingerprint density at radius 1 is 1.27 bits per heavy atom. The lowest BCUT2D eigenvalue weighted by Gasteiger charge is -2.21. The minimum Gasteiger partial charge on any atom is -0.481 e. The zero-order valence-electron chi connectivity index (χ0n) is 8.77. The molecule has 1 atom stereocenters. The highest BCUT2D eigenvalue weighted by Gasteiger charge is 2.21. The topological polar surface area (TPSA) is 94.9 Å². The van der Waals surface area contributed by atoms with Gasteiger partial charge in [-0.1, -0.05) is 13.8 Å². The molecule has 0 aliphatic heterocycles. The number of amides is 1. The van der Waals surface area contributed by atoms with Crippen LogP contribution in [-0.2, 0) is 14.4 Å². The highest BCUT2D eigenvalue weighted by molar-refractivity contribution is 5.81. The van der Waals surface area contributed by atoms with Gasteiger partial charge in [0.15, 0.2) is 0 Å². The monoisotopic (exact) mass is 217 g/mol. The van der Waals surface area contributed by atoms with Gasteiger partial charge in [0.25, 0.3) is 0 Å². The molecule has 0 bridgehead atoms. The van der Waals surface area contributed by atoms with E-state index in [0.29, 0.717) is 0 Å². The molecular formula is C9H15NO5. The van der Waals surface area contributed by atoms with E-state index in [1.807, 2.05) is 0 Å². The van der Waals surface area contributed by atoms with Crippen LogP contribution >= 0.6 is 0 Å². The van der Waals surface area contributed by atoms with Crippen LogP contribution in [-0.4, -0.2) is 46.0 Å². The molecule has 0 aromatic heterocycles. The lowest BCUT2D eigenvalue weighted by Crippen LogP contribution is -2.39. The molecule has 0 spiro atoms. The zero-order chi connectivity index (χ0) is 12.0. The summed E-state index contributed by atoms with van der Waals surface area (Å²) in [6.07, 6.45) is 0.166. The molecule has 0 aliphatic rings. The molecule has 1 amide bonds. The Bertz CT molecular complexity index is 263. The largest absolute Gasteiger partial charge is 0.481 e. The van der Waals surface area contributed by atoms with Crippen molar-refractivity contribution in [1.29, 1.82) is 0 Å². The second-order valence-corrected chi connectivity index (χ2v) is 3.26. The van der Waals surface area contributed by atoms with E-state index in [9.17, 15) is 14.4 Å². The van der Waals surface area contributed by atoms with Crippen molar-refractivity contribution in [3.63, 3.8) is 0 Å². The summed E-state index contributed by atoms with van der Waals surface area (Å²) in [6, 6.07) is 0. The molecule has 0 radical (unpaired) electrons. The van der Waals surface area contributed by atoms with Crippen LogP contribution in [0.15, 0.2) is 0 Å². The second-order valence-electron chi connectivity index (χ2n) is 3.26. The van der Waals surface area contributed by atoms with Gasteiger partial charge in [-0.2, -0.15) is 0 Å². The number of carboxylic acids is 2. The van der Waals surface area contributed by atoms with E-state index >= 15 is 0 Å². The van der Waals surface area contributed by atoms with Gasteiger partial charge in [-0.25, -0.2) is 0 Å². The first kappa shape index (κ1) is 13.4. The first-order valence-corrected chi connectivity index (χ1v) is 4.60. The molecule has 1 unspecified atom stereocenters. The first-order chi connectivity index (χ1) is 6.88. The van der Waals surface area contributed by atoms with Gasteiger partial charge in [0.2, 0.25) is 5.91 Å². The highest BCUT2D eigenvalue weighted by atomic mass is 16.4. The van der Waals surface area contributed by atoms with Gasteiger partial charge in [0, 0.05) is 13.0 Å². The van der Waals surface area contributed by atoms with Gasteiger partial charge in [0.1, 0.15) is 6.54 Å². The van der Waals surface area contributed by atoms with Crippen molar-refractivity contribution in [3.05, 3.63) is 0 Å². The number of carbonyl (C=O) groups excluding carboxylic acids is 1. The maximum Gasteiger partial charge on any atom is 0.323 e. The summed E-state index contributed by atoms with van der Waals surface area (Å²) < 4.78 is 0. The third kappa shape index (κ3) is 4.99. The van der Waals surface area contributed by atoms with Gasteiger partial charge in [-0.3, -0.25) is 14.4 Å². The number of hydrogen-bond donors (Lipinski definition) is 2. The lowest BCUT2D eigenvalue weighted by atomic mass is 10.1. The van der Waals surface area contributed by atoms with Gasteiger partial charge in [-0.05, 0) is 0 Å². The average molecular weight is 217 g/mol. The summed E-state index contributed by atoms with van der Waals surface area (Å²) in [7, 11) is 0. The summed E-state index contributed by atoms with van der Waals surface area (Å²) in [6.45, 7) is 2.50. The smallest absolute Gasteiger partial charge is 0.323 e. The molecule has 0 rings (SSSR count). The van der Waals surface area contributed by atoms with Crippen LogP contribution in [0.2, 0.25) is 0 Å². The molecule has 86 valence electrons. The summed E-state index contributed by atoms with van der Waals surface area (Å²) in [5.74, 6) is -3.31. The molecule has 6 nitrogen and oxygen atoms in total. The van der Waals surface area contributed by atoms with E-state index in [2.05, 4.69) is 0 Å². The molecule has 0 saturated heterocycles. The van der Waals surface area contributed by atoms with E-state index < -0.39 is 24.4 Å². The Hall–Kier alpha value is -1.59. The van der Waals surface area contributed by atoms with Gasteiger partial charge in [0.05, 0.1) is 5.92 Å². The fraction of sp³-hybridized carbons (Fsp3) is 0.667. The van der Waals surface area contributed by atoms with E-state index in [-0.39, 0.29) is 18.9 Å². The van der Waals surface area contributed by atoms with E-state index in [1.54, 1.807) is 6.92 Å². The van der Waals surface area contributed by atoms with Gasteiger partial charge < -0.3 is 15.1 Å². The van der Waals surface area contributed by atoms with Crippen LogP contribution < -0.4 is 0 Å². The van der Waals surface area contributed by atoms with Crippen LogP contribution in [0.1, 0.15) is 20.3 Å².